The minimum absolute atomic E-state index is 0.214. The van der Waals surface area contributed by atoms with Gasteiger partial charge in [-0.15, -0.1) is 0 Å². The lowest BCUT2D eigenvalue weighted by Crippen LogP contribution is -2.30. The Morgan fingerprint density at radius 1 is 1.11 bits per heavy atom. The molecule has 3 heteroatoms. The van der Waals surface area contributed by atoms with E-state index in [1.54, 1.807) is 12.1 Å². The Bertz CT molecular complexity index is 508. The average Bonchev–Trinajstić information content (AvgIpc) is 2.39. The maximum Gasteiger partial charge on any atom is 0.128 e. The van der Waals surface area contributed by atoms with Gasteiger partial charge in [-0.05, 0) is 25.0 Å². The van der Waals surface area contributed by atoms with Gasteiger partial charge in [0.15, 0.2) is 0 Å². The van der Waals surface area contributed by atoms with Crippen molar-refractivity contribution in [1.29, 1.82) is 0 Å². The highest BCUT2D eigenvalue weighted by atomic mass is 19.1. The molecule has 0 saturated heterocycles. The number of nitrogens with two attached hydrogens (primary N) is 1. The number of hydrazine groups is 1. The van der Waals surface area contributed by atoms with Crippen LogP contribution in [-0.4, -0.2) is 0 Å². The molecule has 1 unspecified atom stereocenters. The van der Waals surface area contributed by atoms with Crippen LogP contribution in [-0.2, 0) is 6.42 Å². The fourth-order valence-electron chi connectivity index (χ4n) is 1.98. The van der Waals surface area contributed by atoms with E-state index >= 15 is 0 Å². The van der Waals surface area contributed by atoms with Gasteiger partial charge in [0.2, 0.25) is 0 Å². The normalized spacial score (nSPS) is 12.4. The van der Waals surface area contributed by atoms with Gasteiger partial charge in [0, 0.05) is 5.56 Å². The fraction of sp³-hybridized carbons (Fsp3) is 0.200. The van der Waals surface area contributed by atoms with Gasteiger partial charge in [0.05, 0.1) is 6.04 Å². The minimum Gasteiger partial charge on any atom is -0.271 e. The third-order valence-corrected chi connectivity index (χ3v) is 3.04. The van der Waals surface area contributed by atoms with Crippen LogP contribution in [0.15, 0.2) is 48.5 Å². The zero-order chi connectivity index (χ0) is 13.0. The van der Waals surface area contributed by atoms with Gasteiger partial charge < -0.3 is 0 Å². The molecule has 0 fully saturated rings. The second kappa shape index (κ2) is 5.76. The number of aryl methyl sites for hydroxylation is 1. The van der Waals surface area contributed by atoms with Crippen molar-refractivity contribution in [2.24, 2.45) is 5.84 Å². The molecule has 2 nitrogen and oxygen atoms in total. The van der Waals surface area contributed by atoms with E-state index in [1.807, 2.05) is 37.3 Å². The summed E-state index contributed by atoms with van der Waals surface area (Å²) in [7, 11) is 0. The van der Waals surface area contributed by atoms with Gasteiger partial charge >= 0.3 is 0 Å². The number of hydrogen-bond acceptors (Lipinski definition) is 2. The number of hydrogen-bond donors (Lipinski definition) is 2. The molecule has 2 aromatic rings. The van der Waals surface area contributed by atoms with E-state index in [4.69, 9.17) is 5.84 Å². The van der Waals surface area contributed by atoms with Crippen molar-refractivity contribution in [2.75, 3.05) is 0 Å². The first-order chi connectivity index (χ1) is 8.70. The Kier molecular flexibility index (Phi) is 4.07. The molecule has 1 atom stereocenters. The van der Waals surface area contributed by atoms with Crippen LogP contribution in [0.1, 0.15) is 22.7 Å². The van der Waals surface area contributed by atoms with Crippen LogP contribution in [0.25, 0.3) is 0 Å². The summed E-state index contributed by atoms with van der Waals surface area (Å²) in [4.78, 5) is 0. The lowest BCUT2D eigenvalue weighted by molar-refractivity contribution is 0.510. The van der Waals surface area contributed by atoms with Crippen molar-refractivity contribution in [1.82, 2.24) is 5.43 Å². The van der Waals surface area contributed by atoms with Gasteiger partial charge in [-0.1, -0.05) is 48.0 Å². The third kappa shape index (κ3) is 2.94. The molecule has 0 aromatic heterocycles. The predicted molar refractivity (Wildman–Crippen MR) is 71.3 cm³/mol. The second-order valence-corrected chi connectivity index (χ2v) is 4.43. The molecule has 0 spiro atoms. The molecule has 0 heterocycles. The topological polar surface area (TPSA) is 38.0 Å². The molecule has 2 rings (SSSR count). The van der Waals surface area contributed by atoms with Crippen molar-refractivity contribution in [3.05, 3.63) is 71.0 Å². The lowest BCUT2D eigenvalue weighted by Gasteiger charge is -2.17. The highest BCUT2D eigenvalue weighted by Crippen LogP contribution is 2.20. The van der Waals surface area contributed by atoms with Crippen LogP contribution in [0, 0.1) is 12.7 Å². The average molecular weight is 244 g/mol. The van der Waals surface area contributed by atoms with E-state index in [9.17, 15) is 4.39 Å². The smallest absolute Gasteiger partial charge is 0.128 e. The molecule has 0 saturated carbocycles. The standard InChI is InChI=1S/C15H17FN2/c1-11-6-8-12(9-7-11)10-15(18-17)13-4-2-3-5-14(13)16/h2-9,15,18H,10,17H2,1H3. The first kappa shape index (κ1) is 12.7. The largest absolute Gasteiger partial charge is 0.271 e. The minimum atomic E-state index is -0.229. The summed E-state index contributed by atoms with van der Waals surface area (Å²) in [6.45, 7) is 2.04. The van der Waals surface area contributed by atoms with Gasteiger partial charge in [-0.25, -0.2) is 4.39 Å². The van der Waals surface area contributed by atoms with Gasteiger partial charge in [0.25, 0.3) is 0 Å². The van der Waals surface area contributed by atoms with Crippen LogP contribution in [0.5, 0.6) is 0 Å². The van der Waals surface area contributed by atoms with Crippen molar-refractivity contribution < 1.29 is 4.39 Å². The van der Waals surface area contributed by atoms with E-state index < -0.39 is 0 Å². The molecule has 0 aliphatic heterocycles. The molecule has 0 amide bonds. The highest BCUT2D eigenvalue weighted by Gasteiger charge is 2.14. The summed E-state index contributed by atoms with van der Waals surface area (Å²) >= 11 is 0. The van der Waals surface area contributed by atoms with Crippen molar-refractivity contribution in [3.63, 3.8) is 0 Å². The zero-order valence-corrected chi connectivity index (χ0v) is 10.4. The SMILES string of the molecule is Cc1ccc(CC(NN)c2ccccc2F)cc1. The van der Waals surface area contributed by atoms with Crippen LogP contribution < -0.4 is 11.3 Å². The Hall–Kier alpha value is -1.71. The Labute approximate surface area is 107 Å². The first-order valence-electron chi connectivity index (χ1n) is 5.97. The summed E-state index contributed by atoms with van der Waals surface area (Å²) in [5.74, 6) is 5.31. The number of rotatable bonds is 4. The van der Waals surface area contributed by atoms with Crippen LogP contribution >= 0.6 is 0 Å². The summed E-state index contributed by atoms with van der Waals surface area (Å²) in [5, 5.41) is 0. The van der Waals surface area contributed by atoms with Crippen LogP contribution in [0.3, 0.4) is 0 Å². The Balaban J connectivity index is 2.20. The maximum atomic E-state index is 13.7. The zero-order valence-electron chi connectivity index (χ0n) is 10.4. The van der Waals surface area contributed by atoms with Gasteiger partial charge in [0.1, 0.15) is 5.82 Å². The Morgan fingerprint density at radius 3 is 2.39 bits per heavy atom. The molecule has 3 N–H and O–H groups in total. The molecular formula is C15H17FN2. The summed E-state index contributed by atoms with van der Waals surface area (Å²) in [5.41, 5.74) is 5.62. The monoisotopic (exact) mass is 244 g/mol. The Morgan fingerprint density at radius 2 is 1.78 bits per heavy atom. The molecule has 18 heavy (non-hydrogen) atoms. The molecular weight excluding hydrogens is 227 g/mol. The molecule has 94 valence electrons. The van der Waals surface area contributed by atoms with E-state index in [-0.39, 0.29) is 11.9 Å². The molecule has 0 radical (unpaired) electrons. The van der Waals surface area contributed by atoms with E-state index in [0.717, 1.165) is 5.56 Å². The molecule has 0 bridgehead atoms. The predicted octanol–water partition coefficient (Wildman–Crippen LogP) is 2.88. The molecule has 0 aliphatic rings. The van der Waals surface area contributed by atoms with Crippen molar-refractivity contribution in [3.8, 4) is 0 Å². The van der Waals surface area contributed by atoms with Gasteiger partial charge in [-0.2, -0.15) is 0 Å². The second-order valence-electron chi connectivity index (χ2n) is 4.43. The summed E-state index contributed by atoms with van der Waals surface area (Å²) in [6, 6.07) is 14.7. The maximum absolute atomic E-state index is 13.7. The fourth-order valence-corrected chi connectivity index (χ4v) is 1.98. The lowest BCUT2D eigenvalue weighted by atomic mass is 9.98. The molecule has 2 aromatic carbocycles. The molecule has 0 aliphatic carbocycles. The number of halogens is 1. The number of benzene rings is 2. The first-order valence-corrected chi connectivity index (χ1v) is 5.97. The van der Waals surface area contributed by atoms with Crippen molar-refractivity contribution in [2.45, 2.75) is 19.4 Å². The highest BCUT2D eigenvalue weighted by molar-refractivity contribution is 5.26. The van der Waals surface area contributed by atoms with E-state index in [2.05, 4.69) is 5.43 Å². The number of nitrogens with one attached hydrogen (secondary N) is 1. The van der Waals surface area contributed by atoms with Crippen LogP contribution in [0.4, 0.5) is 4.39 Å². The van der Waals surface area contributed by atoms with Crippen LogP contribution in [0.2, 0.25) is 0 Å². The van der Waals surface area contributed by atoms with Crippen molar-refractivity contribution >= 4 is 0 Å². The summed E-state index contributed by atoms with van der Waals surface area (Å²) in [6.07, 6.45) is 0.664. The van der Waals surface area contributed by atoms with E-state index in [1.165, 1.54) is 11.6 Å². The van der Waals surface area contributed by atoms with E-state index in [0.29, 0.717) is 12.0 Å². The third-order valence-electron chi connectivity index (χ3n) is 3.04. The quantitative estimate of drug-likeness (QED) is 0.641. The van der Waals surface area contributed by atoms with Gasteiger partial charge in [-0.3, -0.25) is 11.3 Å². The summed E-state index contributed by atoms with van der Waals surface area (Å²) < 4.78 is 13.7.